The minimum Gasteiger partial charge on any atom is -0.493 e. The highest BCUT2D eigenvalue weighted by molar-refractivity contribution is 7.92. The molecule has 0 saturated carbocycles. The topological polar surface area (TPSA) is 81.4 Å². The largest absolute Gasteiger partial charge is 0.493 e. The van der Waals surface area contributed by atoms with Crippen LogP contribution in [0.3, 0.4) is 0 Å². The van der Waals surface area contributed by atoms with E-state index in [-0.39, 0.29) is 0 Å². The fourth-order valence-electron chi connectivity index (χ4n) is 1.14. The monoisotopic (exact) mass is 244 g/mol. The van der Waals surface area contributed by atoms with Crippen molar-refractivity contribution >= 4 is 15.7 Å². The molecular weight excluding hydrogens is 228 g/mol. The minimum absolute atomic E-state index is 0.493. The molecule has 16 heavy (non-hydrogen) atoms. The smallest absolute Gasteiger partial charge is 0.229 e. The molecule has 0 atom stereocenters. The van der Waals surface area contributed by atoms with Crippen LogP contribution in [0.1, 0.15) is 6.42 Å². The van der Waals surface area contributed by atoms with E-state index >= 15 is 0 Å². The number of hydrogen-bond acceptors (Lipinski definition) is 4. The molecule has 0 radical (unpaired) electrons. The Labute approximate surface area is 95.7 Å². The number of anilines is 1. The van der Waals surface area contributed by atoms with Gasteiger partial charge in [-0.05, 0) is 25.1 Å². The Hall–Kier alpha value is -1.27. The van der Waals surface area contributed by atoms with Crippen molar-refractivity contribution in [2.75, 3.05) is 24.1 Å². The van der Waals surface area contributed by atoms with E-state index in [4.69, 9.17) is 10.5 Å². The summed E-state index contributed by atoms with van der Waals surface area (Å²) in [6.45, 7) is 1.10. The first-order chi connectivity index (χ1) is 7.51. The van der Waals surface area contributed by atoms with Crippen LogP contribution in [0.2, 0.25) is 0 Å². The van der Waals surface area contributed by atoms with Crippen molar-refractivity contribution in [2.24, 2.45) is 5.73 Å². The summed E-state index contributed by atoms with van der Waals surface area (Å²) in [6.07, 6.45) is 1.87. The molecule has 0 bridgehead atoms. The van der Waals surface area contributed by atoms with Crippen molar-refractivity contribution in [2.45, 2.75) is 6.42 Å². The van der Waals surface area contributed by atoms with Crippen LogP contribution in [0.25, 0.3) is 0 Å². The van der Waals surface area contributed by atoms with Crippen molar-refractivity contribution in [3.63, 3.8) is 0 Å². The summed E-state index contributed by atoms with van der Waals surface area (Å²) >= 11 is 0. The van der Waals surface area contributed by atoms with Gasteiger partial charge in [0.1, 0.15) is 5.75 Å². The van der Waals surface area contributed by atoms with Crippen molar-refractivity contribution in [3.05, 3.63) is 24.3 Å². The molecule has 0 amide bonds. The molecule has 6 heteroatoms. The second-order valence-corrected chi connectivity index (χ2v) is 5.14. The molecule has 0 aromatic heterocycles. The van der Waals surface area contributed by atoms with Gasteiger partial charge >= 0.3 is 0 Å². The molecule has 0 heterocycles. The van der Waals surface area contributed by atoms with E-state index in [9.17, 15) is 8.42 Å². The zero-order valence-electron chi connectivity index (χ0n) is 9.14. The van der Waals surface area contributed by atoms with Crippen molar-refractivity contribution in [1.82, 2.24) is 0 Å². The van der Waals surface area contributed by atoms with E-state index in [1.165, 1.54) is 0 Å². The van der Waals surface area contributed by atoms with Gasteiger partial charge < -0.3 is 10.5 Å². The van der Waals surface area contributed by atoms with Gasteiger partial charge in [0.25, 0.3) is 0 Å². The normalized spacial score (nSPS) is 11.1. The molecule has 0 aliphatic heterocycles. The number of rotatable bonds is 6. The first kappa shape index (κ1) is 12.8. The molecule has 90 valence electrons. The van der Waals surface area contributed by atoms with Gasteiger partial charge in [0.05, 0.1) is 18.6 Å². The lowest BCUT2D eigenvalue weighted by Crippen LogP contribution is -2.10. The van der Waals surface area contributed by atoms with Crippen LogP contribution >= 0.6 is 0 Å². The number of nitrogens with one attached hydrogen (secondary N) is 1. The molecule has 0 saturated heterocycles. The van der Waals surface area contributed by atoms with Gasteiger partial charge in [-0.3, -0.25) is 4.72 Å². The second kappa shape index (κ2) is 5.72. The van der Waals surface area contributed by atoms with Gasteiger partial charge in [-0.15, -0.1) is 0 Å². The average Bonchev–Trinajstić information content (AvgIpc) is 2.16. The summed E-state index contributed by atoms with van der Waals surface area (Å²) < 4.78 is 29.8. The minimum atomic E-state index is -3.24. The highest BCUT2D eigenvalue weighted by Crippen LogP contribution is 2.18. The number of hydrogen-bond donors (Lipinski definition) is 2. The fourth-order valence-corrected chi connectivity index (χ4v) is 1.69. The van der Waals surface area contributed by atoms with E-state index in [0.717, 1.165) is 12.7 Å². The Balaban J connectivity index is 2.64. The zero-order valence-corrected chi connectivity index (χ0v) is 9.96. The summed E-state index contributed by atoms with van der Waals surface area (Å²) in [6, 6.07) is 6.80. The summed E-state index contributed by atoms with van der Waals surface area (Å²) in [5.41, 5.74) is 5.83. The Morgan fingerprint density at radius 3 is 2.81 bits per heavy atom. The van der Waals surface area contributed by atoms with Crippen molar-refractivity contribution in [1.29, 1.82) is 0 Å². The Morgan fingerprint density at radius 2 is 2.19 bits per heavy atom. The van der Waals surface area contributed by atoms with E-state index < -0.39 is 10.0 Å². The van der Waals surface area contributed by atoms with Crippen LogP contribution in [0, 0.1) is 0 Å². The standard InChI is InChI=1S/C10H16N2O3S/c1-16(13,14)12-9-4-2-5-10(8-9)15-7-3-6-11/h2,4-5,8,12H,3,6-7,11H2,1H3. The molecule has 3 N–H and O–H groups in total. The van der Waals surface area contributed by atoms with Gasteiger partial charge in [-0.1, -0.05) is 6.07 Å². The van der Waals surface area contributed by atoms with Gasteiger partial charge in [0.2, 0.25) is 10.0 Å². The molecule has 1 aromatic carbocycles. The predicted octanol–water partition coefficient (Wildman–Crippen LogP) is 0.786. The van der Waals surface area contributed by atoms with Gasteiger partial charge in [-0.2, -0.15) is 0 Å². The molecule has 1 rings (SSSR count). The summed E-state index contributed by atoms with van der Waals surface area (Å²) in [4.78, 5) is 0. The fraction of sp³-hybridized carbons (Fsp3) is 0.400. The molecular formula is C10H16N2O3S. The maximum Gasteiger partial charge on any atom is 0.229 e. The maximum atomic E-state index is 11.0. The molecule has 0 spiro atoms. The van der Waals surface area contributed by atoms with Gasteiger partial charge in [0, 0.05) is 6.07 Å². The molecule has 0 unspecified atom stereocenters. The molecule has 1 aromatic rings. The third-order valence-electron chi connectivity index (χ3n) is 1.75. The Kier molecular flexibility index (Phi) is 4.57. The maximum absolute atomic E-state index is 11.0. The first-order valence-electron chi connectivity index (χ1n) is 4.92. The van der Waals surface area contributed by atoms with Crippen LogP contribution in [-0.4, -0.2) is 27.8 Å². The Morgan fingerprint density at radius 1 is 1.44 bits per heavy atom. The van der Waals surface area contributed by atoms with Gasteiger partial charge in [-0.25, -0.2) is 8.42 Å². The zero-order chi connectivity index (χ0) is 12.0. The lowest BCUT2D eigenvalue weighted by molar-refractivity contribution is 0.313. The van der Waals surface area contributed by atoms with Crippen LogP contribution in [-0.2, 0) is 10.0 Å². The van der Waals surface area contributed by atoms with Crippen molar-refractivity contribution < 1.29 is 13.2 Å². The lowest BCUT2D eigenvalue weighted by atomic mass is 10.3. The quantitative estimate of drug-likeness (QED) is 0.725. The lowest BCUT2D eigenvalue weighted by Gasteiger charge is -2.08. The van der Waals surface area contributed by atoms with Crippen LogP contribution in [0.15, 0.2) is 24.3 Å². The highest BCUT2D eigenvalue weighted by Gasteiger charge is 2.02. The van der Waals surface area contributed by atoms with Crippen LogP contribution < -0.4 is 15.2 Å². The summed E-state index contributed by atoms with van der Waals surface area (Å²) in [7, 11) is -3.24. The molecule has 0 aliphatic rings. The first-order valence-corrected chi connectivity index (χ1v) is 6.81. The van der Waals surface area contributed by atoms with Crippen LogP contribution in [0.5, 0.6) is 5.75 Å². The average molecular weight is 244 g/mol. The highest BCUT2D eigenvalue weighted by atomic mass is 32.2. The molecule has 5 nitrogen and oxygen atoms in total. The number of benzene rings is 1. The number of sulfonamides is 1. The third-order valence-corrected chi connectivity index (χ3v) is 2.36. The number of nitrogens with two attached hydrogens (primary N) is 1. The van der Waals surface area contributed by atoms with E-state index in [0.29, 0.717) is 24.6 Å². The van der Waals surface area contributed by atoms with Gasteiger partial charge in [0.15, 0.2) is 0 Å². The second-order valence-electron chi connectivity index (χ2n) is 3.39. The number of ether oxygens (including phenoxy) is 1. The van der Waals surface area contributed by atoms with E-state index in [1.54, 1.807) is 24.3 Å². The van der Waals surface area contributed by atoms with E-state index in [2.05, 4.69) is 4.72 Å². The van der Waals surface area contributed by atoms with Crippen LogP contribution in [0.4, 0.5) is 5.69 Å². The molecule has 0 aliphatic carbocycles. The predicted molar refractivity (Wildman–Crippen MR) is 64.1 cm³/mol. The van der Waals surface area contributed by atoms with E-state index in [1.807, 2.05) is 0 Å². The van der Waals surface area contributed by atoms with Crippen molar-refractivity contribution in [3.8, 4) is 5.75 Å². The summed E-state index contributed by atoms with van der Waals surface area (Å²) in [5.74, 6) is 0.627. The summed E-state index contributed by atoms with van der Waals surface area (Å²) in [5, 5.41) is 0. The SMILES string of the molecule is CS(=O)(=O)Nc1cccc(OCCCN)c1. The Bertz CT molecular complexity index is 431. The molecule has 0 fully saturated rings. The third kappa shape index (κ3) is 4.99.